The molecule has 0 fully saturated rings. The smallest absolute Gasteiger partial charge is 0.203 e. The molecule has 0 radical (unpaired) electrons. The summed E-state index contributed by atoms with van der Waals surface area (Å²) in [5.41, 5.74) is 9.73. The van der Waals surface area contributed by atoms with E-state index in [2.05, 4.69) is 39.0 Å². The van der Waals surface area contributed by atoms with Crippen LogP contribution < -0.4 is 5.73 Å². The van der Waals surface area contributed by atoms with Gasteiger partial charge in [0.15, 0.2) is 4.34 Å². The molecule has 24 heavy (non-hydrogen) atoms. The maximum Gasteiger partial charge on any atom is 0.203 e. The van der Waals surface area contributed by atoms with Gasteiger partial charge in [-0.25, -0.2) is 0 Å². The van der Waals surface area contributed by atoms with E-state index in [0.29, 0.717) is 17.4 Å². The monoisotopic (exact) mass is 360 g/mol. The van der Waals surface area contributed by atoms with E-state index in [9.17, 15) is 5.11 Å². The van der Waals surface area contributed by atoms with Crippen LogP contribution >= 0.6 is 23.1 Å². The Morgan fingerprint density at radius 2 is 2.08 bits per heavy atom. The number of nitrogens with two attached hydrogens (primary N) is 1. The van der Waals surface area contributed by atoms with Crippen molar-refractivity contribution >= 4 is 39.1 Å². The molecule has 0 amide bonds. The minimum Gasteiger partial charge on any atom is -0.390 e. The first-order chi connectivity index (χ1) is 11.7. The molecule has 1 atom stereocenters. The molecule has 2 aromatic heterocycles. The van der Waals surface area contributed by atoms with Gasteiger partial charge >= 0.3 is 0 Å². The lowest BCUT2D eigenvalue weighted by molar-refractivity contribution is 0.178. The van der Waals surface area contributed by atoms with E-state index in [4.69, 9.17) is 5.73 Å². The van der Waals surface area contributed by atoms with Crippen molar-refractivity contribution in [1.82, 2.24) is 14.8 Å². The lowest BCUT2D eigenvalue weighted by Crippen LogP contribution is -2.20. The minimum absolute atomic E-state index is 0.429. The maximum absolute atomic E-state index is 10.5. The number of hydrogen-bond donors (Lipinski definition) is 2. The summed E-state index contributed by atoms with van der Waals surface area (Å²) in [6.45, 7) is 0.622. The Morgan fingerprint density at radius 3 is 2.92 bits per heavy atom. The second kappa shape index (κ2) is 6.74. The average Bonchev–Trinajstić information content (AvgIpc) is 3.16. The van der Waals surface area contributed by atoms with Gasteiger partial charge in [0.2, 0.25) is 5.13 Å². The Kier molecular flexibility index (Phi) is 4.47. The largest absolute Gasteiger partial charge is 0.390 e. The number of nitrogens with zero attached hydrogens (tertiary/aromatic N) is 3. The highest BCUT2D eigenvalue weighted by Crippen LogP contribution is 2.32. The van der Waals surface area contributed by atoms with Gasteiger partial charge in [-0.3, -0.25) is 0 Å². The van der Waals surface area contributed by atoms with E-state index in [1.165, 1.54) is 58.1 Å². The number of thioether (sulfide) groups is 1. The summed E-state index contributed by atoms with van der Waals surface area (Å²) in [5, 5.41) is 20.2. The van der Waals surface area contributed by atoms with Crippen LogP contribution in [-0.2, 0) is 19.4 Å². The van der Waals surface area contributed by atoms with E-state index in [1.54, 1.807) is 0 Å². The summed E-state index contributed by atoms with van der Waals surface area (Å²) >= 11 is 2.88. The highest BCUT2D eigenvalue weighted by molar-refractivity contribution is 8.01. The van der Waals surface area contributed by atoms with E-state index in [0.717, 1.165) is 17.2 Å². The lowest BCUT2D eigenvalue weighted by atomic mass is 9.95. The first-order valence-corrected chi connectivity index (χ1v) is 10.0. The molecule has 2 heterocycles. The quantitative estimate of drug-likeness (QED) is 0.684. The van der Waals surface area contributed by atoms with Crippen LogP contribution in [0, 0.1) is 0 Å². The predicted molar refractivity (Wildman–Crippen MR) is 99.6 cm³/mol. The number of aromatic nitrogens is 3. The van der Waals surface area contributed by atoms with Crippen LogP contribution in [0.3, 0.4) is 0 Å². The first kappa shape index (κ1) is 15.9. The molecule has 5 nitrogen and oxygen atoms in total. The molecule has 4 rings (SSSR count). The van der Waals surface area contributed by atoms with Gasteiger partial charge in [0.1, 0.15) is 0 Å². The number of aliphatic hydroxyl groups excluding tert-OH is 1. The van der Waals surface area contributed by atoms with Crippen molar-refractivity contribution in [3.05, 3.63) is 35.5 Å². The molecule has 7 heteroatoms. The topological polar surface area (TPSA) is 77.0 Å². The van der Waals surface area contributed by atoms with Crippen LogP contribution in [0.2, 0.25) is 0 Å². The zero-order valence-corrected chi connectivity index (χ0v) is 14.9. The summed E-state index contributed by atoms with van der Waals surface area (Å²) in [6, 6.07) is 8.56. The number of rotatable bonds is 5. The Balaban J connectivity index is 1.55. The molecule has 1 aromatic carbocycles. The van der Waals surface area contributed by atoms with Gasteiger partial charge < -0.3 is 15.4 Å². The standard InChI is InChI=1S/C17H20N4OS2/c18-16-19-20-17(24-16)23-10-11(22)9-21-14-7-3-1-5-12(14)13-6-2-4-8-15(13)21/h1,3,5,7,11,22H,2,4,6,8-10H2,(H2,18,19)/t11-/m1/s1. The zero-order chi connectivity index (χ0) is 16.5. The van der Waals surface area contributed by atoms with E-state index < -0.39 is 6.10 Å². The van der Waals surface area contributed by atoms with Crippen LogP contribution in [-0.4, -0.2) is 31.7 Å². The van der Waals surface area contributed by atoms with Gasteiger partial charge in [-0.1, -0.05) is 41.3 Å². The van der Waals surface area contributed by atoms with E-state index in [1.807, 2.05) is 0 Å². The van der Waals surface area contributed by atoms with Gasteiger partial charge in [-0.15, -0.1) is 10.2 Å². The minimum atomic E-state index is -0.429. The molecule has 3 N–H and O–H groups in total. The second-order valence-corrected chi connectivity index (χ2v) is 8.41. The van der Waals surface area contributed by atoms with Gasteiger partial charge in [-0.2, -0.15) is 0 Å². The fourth-order valence-electron chi connectivity index (χ4n) is 3.51. The van der Waals surface area contributed by atoms with Crippen LogP contribution in [0.5, 0.6) is 0 Å². The molecule has 0 saturated heterocycles. The molecular weight excluding hydrogens is 340 g/mol. The SMILES string of the molecule is Nc1nnc(SC[C@H](O)Cn2c3c(c4ccccc42)CCCC3)s1. The first-order valence-electron chi connectivity index (χ1n) is 8.21. The molecule has 0 bridgehead atoms. The van der Waals surface area contributed by atoms with Gasteiger partial charge in [0, 0.05) is 28.9 Å². The molecule has 1 aliphatic rings. The van der Waals surface area contributed by atoms with Crippen molar-refractivity contribution in [3.8, 4) is 0 Å². The van der Waals surface area contributed by atoms with Crippen molar-refractivity contribution in [2.45, 2.75) is 42.7 Å². The maximum atomic E-state index is 10.5. The zero-order valence-electron chi connectivity index (χ0n) is 13.3. The van der Waals surface area contributed by atoms with E-state index >= 15 is 0 Å². The number of aryl methyl sites for hydroxylation is 1. The summed E-state index contributed by atoms with van der Waals surface area (Å²) in [5.74, 6) is 0.593. The third-order valence-electron chi connectivity index (χ3n) is 4.50. The molecule has 0 saturated carbocycles. The van der Waals surface area contributed by atoms with Crippen molar-refractivity contribution in [3.63, 3.8) is 0 Å². The van der Waals surface area contributed by atoms with Crippen LogP contribution in [0.1, 0.15) is 24.1 Å². The highest BCUT2D eigenvalue weighted by Gasteiger charge is 2.21. The Morgan fingerprint density at radius 1 is 1.25 bits per heavy atom. The summed E-state index contributed by atoms with van der Waals surface area (Å²) in [7, 11) is 0. The molecule has 0 spiro atoms. The van der Waals surface area contributed by atoms with Gasteiger partial charge in [0.25, 0.3) is 0 Å². The van der Waals surface area contributed by atoms with Crippen molar-refractivity contribution < 1.29 is 5.11 Å². The number of benzene rings is 1. The number of hydrogen-bond acceptors (Lipinski definition) is 6. The fourth-order valence-corrected chi connectivity index (χ4v) is 5.08. The highest BCUT2D eigenvalue weighted by atomic mass is 32.2. The number of aliphatic hydroxyl groups is 1. The number of anilines is 1. The van der Waals surface area contributed by atoms with Gasteiger partial charge in [-0.05, 0) is 37.3 Å². The molecule has 1 aliphatic carbocycles. The summed E-state index contributed by atoms with van der Waals surface area (Å²) in [6.07, 6.45) is 4.33. The number of para-hydroxylation sites is 1. The molecule has 0 unspecified atom stereocenters. The van der Waals surface area contributed by atoms with Crippen molar-refractivity contribution in [2.24, 2.45) is 0 Å². The second-order valence-electron chi connectivity index (χ2n) is 6.13. The van der Waals surface area contributed by atoms with Crippen LogP contribution in [0.4, 0.5) is 5.13 Å². The van der Waals surface area contributed by atoms with E-state index in [-0.39, 0.29) is 0 Å². The third kappa shape index (κ3) is 3.03. The Hall–Kier alpha value is -1.57. The summed E-state index contributed by atoms with van der Waals surface area (Å²) in [4.78, 5) is 0. The predicted octanol–water partition coefficient (Wildman–Crippen LogP) is 3.11. The van der Waals surface area contributed by atoms with Crippen LogP contribution in [0.15, 0.2) is 28.6 Å². The number of nitrogen functional groups attached to an aromatic ring is 1. The molecule has 0 aliphatic heterocycles. The van der Waals surface area contributed by atoms with Gasteiger partial charge in [0.05, 0.1) is 6.10 Å². The molecule has 126 valence electrons. The average molecular weight is 361 g/mol. The Bertz CT molecular complexity index is 858. The van der Waals surface area contributed by atoms with Crippen molar-refractivity contribution in [2.75, 3.05) is 11.5 Å². The molecule has 3 aromatic rings. The Labute approximate surface area is 148 Å². The summed E-state index contributed by atoms with van der Waals surface area (Å²) < 4.78 is 3.13. The lowest BCUT2D eigenvalue weighted by Gasteiger charge is -2.18. The fraction of sp³-hybridized carbons (Fsp3) is 0.412. The van der Waals surface area contributed by atoms with Crippen molar-refractivity contribution in [1.29, 1.82) is 0 Å². The van der Waals surface area contributed by atoms with Crippen LogP contribution in [0.25, 0.3) is 10.9 Å². The third-order valence-corrected chi connectivity index (χ3v) is 6.53. The molecular formula is C17H20N4OS2. The number of fused-ring (bicyclic) bond motifs is 3. The normalized spacial score (nSPS) is 15.5.